The minimum Gasteiger partial charge on any atom is -0.317 e. The highest BCUT2D eigenvalue weighted by molar-refractivity contribution is 9.10. The first-order valence-corrected chi connectivity index (χ1v) is 16.9. The quantitative estimate of drug-likeness (QED) is 0.193. The van der Waals surface area contributed by atoms with Crippen molar-refractivity contribution in [1.29, 1.82) is 0 Å². The van der Waals surface area contributed by atoms with Crippen LogP contribution in [0, 0.1) is 13.8 Å². The Hall–Kier alpha value is -5.51. The predicted octanol–water partition coefficient (Wildman–Crippen LogP) is 6.23. The molecule has 0 N–H and O–H groups in total. The van der Waals surface area contributed by atoms with Gasteiger partial charge in [-0.2, -0.15) is 0 Å². The highest BCUT2D eigenvalue weighted by atomic mass is 79.9. The molecule has 0 spiro atoms. The van der Waals surface area contributed by atoms with Crippen LogP contribution in [0.5, 0.6) is 0 Å². The van der Waals surface area contributed by atoms with E-state index >= 15 is 0 Å². The summed E-state index contributed by atoms with van der Waals surface area (Å²) in [7, 11) is 4.01. The van der Waals surface area contributed by atoms with Gasteiger partial charge in [-0.1, -0.05) is 84.4 Å². The van der Waals surface area contributed by atoms with Crippen LogP contribution in [0.25, 0.3) is 22.3 Å². The maximum absolute atomic E-state index is 4.89. The number of halogens is 2. The minimum absolute atomic E-state index is 0. The lowest BCUT2D eigenvalue weighted by molar-refractivity contribution is 0.948. The Morgan fingerprint density at radius 2 is 1.16 bits per heavy atom. The SMILES string of the molecule is C[N+]1=c2ccccc2=NC1=Nc1cc(-c2ccc(Br)cc2)n2ccccc12.Cc1c(N=C2N=c3ccccc3=[N+]2C)c(C)n2ccccc12.Cl. The second-order valence-corrected chi connectivity index (χ2v) is 13.0. The van der Waals surface area contributed by atoms with Crippen LogP contribution in [-0.4, -0.2) is 34.8 Å². The second-order valence-electron chi connectivity index (χ2n) is 12.0. The van der Waals surface area contributed by atoms with Crippen LogP contribution < -0.4 is 30.6 Å². The van der Waals surface area contributed by atoms with E-state index in [4.69, 9.17) is 9.98 Å². The number of pyridine rings is 2. The number of aliphatic imine (C=N–C) groups is 2. The number of fused-ring (bicyclic) bond motifs is 4. The first-order chi connectivity index (χ1) is 23.9. The third-order valence-electron chi connectivity index (χ3n) is 9.06. The van der Waals surface area contributed by atoms with Crippen molar-refractivity contribution in [2.24, 2.45) is 20.0 Å². The Bertz CT molecular complexity index is 2740. The molecule has 3 aromatic carbocycles. The highest BCUT2D eigenvalue weighted by Crippen LogP contribution is 2.33. The van der Waals surface area contributed by atoms with E-state index in [0.717, 1.165) is 65.7 Å². The number of nitrogens with zero attached hydrogens (tertiary/aromatic N) is 8. The molecule has 0 aliphatic carbocycles. The molecule has 0 unspecified atom stereocenters. The van der Waals surface area contributed by atoms with Crippen molar-refractivity contribution in [1.82, 2.24) is 18.0 Å². The molecular weight excluding hydrogens is 708 g/mol. The van der Waals surface area contributed by atoms with Crippen molar-refractivity contribution in [3.8, 4) is 11.3 Å². The number of para-hydroxylation sites is 4. The third-order valence-corrected chi connectivity index (χ3v) is 9.59. The topological polar surface area (TPSA) is 64.3 Å². The van der Waals surface area contributed by atoms with Crippen LogP contribution in [0.1, 0.15) is 11.3 Å². The number of hydrogen-bond donors (Lipinski definition) is 0. The highest BCUT2D eigenvalue weighted by Gasteiger charge is 2.23. The first-order valence-electron chi connectivity index (χ1n) is 16.1. The lowest BCUT2D eigenvalue weighted by atomic mass is 10.1. The van der Waals surface area contributed by atoms with Crippen LogP contribution >= 0.6 is 28.3 Å². The predicted molar refractivity (Wildman–Crippen MR) is 208 cm³/mol. The molecule has 0 amide bonds. The fourth-order valence-corrected chi connectivity index (χ4v) is 6.72. The fraction of sp³-hybridized carbons (Fsp3) is 0.100. The zero-order valence-corrected chi connectivity index (χ0v) is 30.4. The van der Waals surface area contributed by atoms with E-state index in [1.54, 1.807) is 0 Å². The van der Waals surface area contributed by atoms with E-state index in [1.165, 1.54) is 11.1 Å². The Balaban J connectivity index is 0.000000157. The number of guanidine groups is 2. The number of aromatic nitrogens is 2. The van der Waals surface area contributed by atoms with Crippen LogP contribution in [0.2, 0.25) is 0 Å². The molecule has 0 saturated carbocycles. The van der Waals surface area contributed by atoms with Gasteiger partial charge in [0.05, 0.1) is 36.5 Å². The van der Waals surface area contributed by atoms with Crippen molar-refractivity contribution in [2.75, 3.05) is 14.1 Å². The normalized spacial score (nSPS) is 14.7. The molecule has 0 fully saturated rings. The Morgan fingerprint density at radius 3 is 1.76 bits per heavy atom. The number of aryl methyl sites for hydroxylation is 2. The van der Waals surface area contributed by atoms with E-state index < -0.39 is 0 Å². The van der Waals surface area contributed by atoms with E-state index in [1.807, 2.05) is 77.8 Å². The van der Waals surface area contributed by atoms with Crippen LogP contribution in [-0.2, 0) is 0 Å². The Morgan fingerprint density at radius 1 is 0.620 bits per heavy atom. The van der Waals surface area contributed by atoms with Gasteiger partial charge >= 0.3 is 11.9 Å². The van der Waals surface area contributed by atoms with E-state index in [0.29, 0.717) is 5.96 Å². The molecule has 7 aromatic rings. The van der Waals surface area contributed by atoms with Gasteiger partial charge in [0.25, 0.3) is 0 Å². The van der Waals surface area contributed by atoms with E-state index in [2.05, 4.69) is 122 Å². The van der Waals surface area contributed by atoms with Crippen molar-refractivity contribution in [3.63, 3.8) is 0 Å². The maximum Gasteiger partial charge on any atom is 0.434 e. The largest absolute Gasteiger partial charge is 0.434 e. The fourth-order valence-electron chi connectivity index (χ4n) is 6.45. The minimum atomic E-state index is 0. The molecule has 6 heterocycles. The molecule has 8 nitrogen and oxygen atoms in total. The number of hydrogen-bond acceptors (Lipinski definition) is 2. The van der Waals surface area contributed by atoms with Crippen molar-refractivity contribution in [3.05, 3.63) is 165 Å². The van der Waals surface area contributed by atoms with Gasteiger partial charge in [0.15, 0.2) is 22.1 Å². The summed E-state index contributed by atoms with van der Waals surface area (Å²) in [5.74, 6) is 1.44. The molecule has 0 saturated heterocycles. The van der Waals surface area contributed by atoms with Gasteiger partial charge in [-0.05, 0) is 80.1 Å². The number of rotatable bonds is 3. The van der Waals surface area contributed by atoms with Crippen LogP contribution in [0.15, 0.2) is 152 Å². The van der Waals surface area contributed by atoms with Crippen molar-refractivity contribution >= 4 is 62.7 Å². The Labute approximate surface area is 303 Å². The summed E-state index contributed by atoms with van der Waals surface area (Å²) in [6.07, 6.45) is 4.15. The molecule has 0 bridgehead atoms. The van der Waals surface area contributed by atoms with Gasteiger partial charge in [-0.15, -0.1) is 12.4 Å². The summed E-state index contributed by atoms with van der Waals surface area (Å²) < 4.78 is 9.48. The average Bonchev–Trinajstić information content (AvgIpc) is 3.83. The lowest BCUT2D eigenvalue weighted by Crippen LogP contribution is -2.32. The van der Waals surface area contributed by atoms with Gasteiger partial charge in [0.2, 0.25) is 0 Å². The van der Waals surface area contributed by atoms with Gasteiger partial charge in [0.1, 0.15) is 10.7 Å². The molecule has 50 heavy (non-hydrogen) atoms. The van der Waals surface area contributed by atoms with E-state index in [9.17, 15) is 0 Å². The monoisotopic (exact) mass is 740 g/mol. The van der Waals surface area contributed by atoms with Gasteiger partial charge in [-0.3, -0.25) is 0 Å². The van der Waals surface area contributed by atoms with Crippen molar-refractivity contribution < 1.29 is 0 Å². The Kier molecular flexibility index (Phi) is 8.86. The molecular formula is C40H34BrClN8+2. The average molecular weight is 742 g/mol. The zero-order chi connectivity index (χ0) is 33.6. The molecule has 2 aliphatic heterocycles. The smallest absolute Gasteiger partial charge is 0.317 e. The van der Waals surface area contributed by atoms with Crippen molar-refractivity contribution in [2.45, 2.75) is 13.8 Å². The summed E-state index contributed by atoms with van der Waals surface area (Å²) >= 11 is 3.51. The molecule has 9 rings (SSSR count). The number of benzene rings is 3. The third kappa shape index (κ3) is 5.78. The standard InChI is InChI=1S/C22H16BrN4.C18H17N4.ClH/c1-26-19-7-3-2-6-17(19)24-22(26)25-18-14-21(15-9-11-16(23)12-10-15)27-13-5-4-8-20(18)27;1-12-15-9-6-7-11-22(15)13(2)17(12)20-18-19-14-8-4-5-10-16(14)21(18)3;/h2-14H,1H3;4-11H,1-3H3;1H/q2*+1;. The van der Waals surface area contributed by atoms with Crippen LogP contribution in [0.3, 0.4) is 0 Å². The molecule has 0 radical (unpaired) electrons. The van der Waals surface area contributed by atoms with Crippen LogP contribution in [0.4, 0.5) is 11.4 Å². The summed E-state index contributed by atoms with van der Waals surface area (Å²) in [5, 5.41) is 4.10. The summed E-state index contributed by atoms with van der Waals surface area (Å²) in [5.41, 5.74) is 8.74. The lowest BCUT2D eigenvalue weighted by Gasteiger charge is -2.02. The first kappa shape index (κ1) is 33.0. The molecule has 0 atom stereocenters. The van der Waals surface area contributed by atoms with Gasteiger partial charge in [0, 0.05) is 28.5 Å². The molecule has 4 aromatic heterocycles. The summed E-state index contributed by atoms with van der Waals surface area (Å²) in [6, 6.07) is 39.0. The summed E-state index contributed by atoms with van der Waals surface area (Å²) in [6.45, 7) is 4.21. The molecule has 246 valence electrons. The van der Waals surface area contributed by atoms with E-state index in [-0.39, 0.29) is 12.4 Å². The summed E-state index contributed by atoms with van der Waals surface area (Å²) in [4.78, 5) is 19.1. The second kappa shape index (κ2) is 13.4. The molecule has 2 aliphatic rings. The van der Waals surface area contributed by atoms with Gasteiger partial charge < -0.3 is 8.80 Å². The maximum atomic E-state index is 4.89. The van der Waals surface area contributed by atoms with Gasteiger partial charge in [-0.25, -0.2) is 9.15 Å². The zero-order valence-electron chi connectivity index (χ0n) is 28.0. The molecule has 10 heteroatoms.